The summed E-state index contributed by atoms with van der Waals surface area (Å²) in [6.45, 7) is 2.02. The lowest BCUT2D eigenvalue weighted by atomic mass is 10.1. The number of carbonyl (C=O) groups excluding carboxylic acids is 1. The van der Waals surface area contributed by atoms with Crippen molar-refractivity contribution in [3.05, 3.63) is 17.6 Å². The van der Waals surface area contributed by atoms with Gasteiger partial charge < -0.3 is 15.2 Å². The topological polar surface area (TPSA) is 101 Å². The average Bonchev–Trinajstić information content (AvgIpc) is 3.16. The number of aryl methyl sites for hydroxylation is 1. The lowest BCUT2D eigenvalue weighted by Gasteiger charge is -2.12. The van der Waals surface area contributed by atoms with Crippen molar-refractivity contribution in [1.29, 1.82) is 0 Å². The summed E-state index contributed by atoms with van der Waals surface area (Å²) in [5, 5.41) is 12.0. The lowest BCUT2D eigenvalue weighted by molar-refractivity contribution is -0.142. The van der Waals surface area contributed by atoms with Gasteiger partial charge in [-0.15, -0.1) is 0 Å². The van der Waals surface area contributed by atoms with Crippen LogP contribution in [-0.4, -0.2) is 40.7 Å². The number of rotatable bonds is 5. The summed E-state index contributed by atoms with van der Waals surface area (Å²) >= 11 is 0. The highest BCUT2D eigenvalue weighted by molar-refractivity contribution is 5.85. The van der Waals surface area contributed by atoms with Crippen molar-refractivity contribution in [3.8, 4) is 0 Å². The van der Waals surface area contributed by atoms with Crippen molar-refractivity contribution in [2.45, 2.75) is 19.8 Å². The van der Waals surface area contributed by atoms with Crippen molar-refractivity contribution < 1.29 is 19.4 Å². The number of aliphatic carboxylic acids is 1. The number of ether oxygens (including phenoxy) is 1. The predicted molar refractivity (Wildman–Crippen MR) is 65.9 cm³/mol. The van der Waals surface area contributed by atoms with Crippen LogP contribution in [-0.2, 0) is 9.53 Å². The highest BCUT2D eigenvalue weighted by Crippen LogP contribution is 2.45. The van der Waals surface area contributed by atoms with Gasteiger partial charge in [-0.3, -0.25) is 4.79 Å². The molecule has 1 aliphatic carbocycles. The minimum absolute atomic E-state index is 0.0369. The molecular formula is C12H15N3O4. The predicted octanol–water partition coefficient (Wildman–Crippen LogP) is 0.848. The fraction of sp³-hybridized carbons (Fsp3) is 0.500. The Kier molecular flexibility index (Phi) is 3.37. The Morgan fingerprint density at radius 3 is 2.68 bits per heavy atom. The van der Waals surface area contributed by atoms with Gasteiger partial charge in [0, 0.05) is 18.3 Å². The summed E-state index contributed by atoms with van der Waals surface area (Å²) in [5.74, 6) is -1.03. The van der Waals surface area contributed by atoms with Crippen LogP contribution >= 0.6 is 0 Å². The first-order valence-electron chi connectivity index (χ1n) is 5.88. The van der Waals surface area contributed by atoms with E-state index >= 15 is 0 Å². The second-order valence-electron chi connectivity index (χ2n) is 4.65. The van der Waals surface area contributed by atoms with Crippen LogP contribution in [0.15, 0.2) is 6.07 Å². The molecule has 0 unspecified atom stereocenters. The smallest absolute Gasteiger partial charge is 0.376 e. The maximum absolute atomic E-state index is 11.4. The number of carbonyl (C=O) groups is 2. The number of methoxy groups -OCH3 is 1. The lowest BCUT2D eigenvalue weighted by Crippen LogP contribution is -2.25. The molecule has 0 spiro atoms. The highest BCUT2D eigenvalue weighted by atomic mass is 16.5. The van der Waals surface area contributed by atoms with E-state index in [2.05, 4.69) is 20.0 Å². The SMILES string of the molecule is COC(=O)c1nc(C)cc(NCC2(C(=O)O)CC2)n1. The largest absolute Gasteiger partial charge is 0.481 e. The Morgan fingerprint density at radius 2 is 2.16 bits per heavy atom. The minimum atomic E-state index is -0.807. The third-order valence-electron chi connectivity index (χ3n) is 3.14. The molecule has 0 saturated heterocycles. The first-order chi connectivity index (χ1) is 8.97. The zero-order valence-electron chi connectivity index (χ0n) is 10.8. The Labute approximate surface area is 110 Å². The summed E-state index contributed by atoms with van der Waals surface area (Å²) in [5.41, 5.74) is -0.0809. The monoisotopic (exact) mass is 265 g/mol. The van der Waals surface area contributed by atoms with Crippen LogP contribution in [0.1, 0.15) is 29.2 Å². The molecule has 0 aliphatic heterocycles. The van der Waals surface area contributed by atoms with Gasteiger partial charge in [0.2, 0.25) is 5.82 Å². The number of nitrogens with one attached hydrogen (secondary N) is 1. The number of hydrogen-bond donors (Lipinski definition) is 2. The summed E-state index contributed by atoms with van der Waals surface area (Å²) in [7, 11) is 1.25. The van der Waals surface area contributed by atoms with Crippen LogP contribution in [0, 0.1) is 12.3 Å². The second-order valence-corrected chi connectivity index (χ2v) is 4.65. The number of hydrogen-bond acceptors (Lipinski definition) is 6. The Bertz CT molecular complexity index is 526. The molecule has 2 N–H and O–H groups in total. The number of nitrogens with zero attached hydrogens (tertiary/aromatic N) is 2. The van der Waals surface area contributed by atoms with E-state index in [0.717, 1.165) is 0 Å². The molecule has 1 aromatic rings. The van der Waals surface area contributed by atoms with Gasteiger partial charge in [0.25, 0.3) is 0 Å². The van der Waals surface area contributed by atoms with Crippen molar-refractivity contribution >= 4 is 17.8 Å². The van der Waals surface area contributed by atoms with Gasteiger partial charge >= 0.3 is 11.9 Å². The summed E-state index contributed by atoms with van der Waals surface area (Å²) in [6.07, 6.45) is 1.31. The highest BCUT2D eigenvalue weighted by Gasteiger charge is 2.50. The van der Waals surface area contributed by atoms with Gasteiger partial charge in [-0.25, -0.2) is 14.8 Å². The fourth-order valence-electron chi connectivity index (χ4n) is 1.72. The Balaban J connectivity index is 2.10. The van der Waals surface area contributed by atoms with Gasteiger partial charge in [0.15, 0.2) is 0 Å². The zero-order valence-corrected chi connectivity index (χ0v) is 10.8. The molecule has 2 rings (SSSR count). The zero-order chi connectivity index (χ0) is 14.0. The van der Waals surface area contributed by atoms with Gasteiger partial charge in [0.05, 0.1) is 12.5 Å². The van der Waals surface area contributed by atoms with E-state index in [1.807, 2.05) is 0 Å². The van der Waals surface area contributed by atoms with Gasteiger partial charge in [-0.05, 0) is 19.8 Å². The fourth-order valence-corrected chi connectivity index (χ4v) is 1.72. The maximum atomic E-state index is 11.4. The van der Waals surface area contributed by atoms with Gasteiger partial charge in [-0.1, -0.05) is 0 Å². The number of carboxylic acid groups (broad SMARTS) is 1. The summed E-state index contributed by atoms with van der Waals surface area (Å²) in [6, 6.07) is 1.66. The number of esters is 1. The third-order valence-corrected chi connectivity index (χ3v) is 3.14. The van der Waals surface area contributed by atoms with Crippen LogP contribution < -0.4 is 5.32 Å². The molecule has 1 fully saturated rings. The minimum Gasteiger partial charge on any atom is -0.481 e. The van der Waals surface area contributed by atoms with Crippen LogP contribution in [0.25, 0.3) is 0 Å². The van der Waals surface area contributed by atoms with Crippen LogP contribution in [0.2, 0.25) is 0 Å². The number of aromatic nitrogens is 2. The van der Waals surface area contributed by atoms with E-state index in [1.54, 1.807) is 13.0 Å². The van der Waals surface area contributed by atoms with E-state index < -0.39 is 17.4 Å². The van der Waals surface area contributed by atoms with Crippen LogP contribution in [0.5, 0.6) is 0 Å². The number of carboxylic acids is 1. The van der Waals surface area contributed by atoms with Crippen molar-refractivity contribution in [2.75, 3.05) is 19.0 Å². The molecule has 0 atom stereocenters. The molecule has 102 valence electrons. The van der Waals surface area contributed by atoms with E-state index in [4.69, 9.17) is 5.11 Å². The molecule has 0 bridgehead atoms. The first kappa shape index (κ1) is 13.3. The van der Waals surface area contributed by atoms with Crippen LogP contribution in [0.3, 0.4) is 0 Å². The molecular weight excluding hydrogens is 250 g/mol. The van der Waals surface area contributed by atoms with E-state index in [0.29, 0.717) is 30.9 Å². The molecule has 1 aliphatic rings. The molecule has 7 heteroatoms. The summed E-state index contributed by atoms with van der Waals surface area (Å²) in [4.78, 5) is 30.4. The van der Waals surface area contributed by atoms with Crippen LogP contribution in [0.4, 0.5) is 5.82 Å². The first-order valence-corrected chi connectivity index (χ1v) is 5.88. The number of anilines is 1. The van der Waals surface area contributed by atoms with Gasteiger partial charge in [0.1, 0.15) is 5.82 Å². The van der Waals surface area contributed by atoms with E-state index in [9.17, 15) is 9.59 Å². The quantitative estimate of drug-likeness (QED) is 0.761. The van der Waals surface area contributed by atoms with Gasteiger partial charge in [-0.2, -0.15) is 0 Å². The molecule has 1 saturated carbocycles. The Hall–Kier alpha value is -2.18. The van der Waals surface area contributed by atoms with Crippen molar-refractivity contribution in [1.82, 2.24) is 9.97 Å². The van der Waals surface area contributed by atoms with Crippen molar-refractivity contribution in [3.63, 3.8) is 0 Å². The van der Waals surface area contributed by atoms with Crippen molar-refractivity contribution in [2.24, 2.45) is 5.41 Å². The molecule has 1 aromatic heterocycles. The molecule has 1 heterocycles. The molecule has 0 radical (unpaired) electrons. The average molecular weight is 265 g/mol. The van der Waals surface area contributed by atoms with E-state index in [-0.39, 0.29) is 5.82 Å². The normalized spacial score (nSPS) is 15.7. The second kappa shape index (κ2) is 4.83. The molecule has 19 heavy (non-hydrogen) atoms. The van der Waals surface area contributed by atoms with E-state index in [1.165, 1.54) is 7.11 Å². The molecule has 0 aromatic carbocycles. The standard InChI is InChI=1S/C12H15N3O4/c1-7-5-8(15-9(14-7)10(16)19-2)13-6-12(3-4-12)11(17)18/h5H,3-4,6H2,1-2H3,(H,17,18)(H,13,14,15). The molecule has 7 nitrogen and oxygen atoms in total. The third kappa shape index (κ3) is 2.81. The maximum Gasteiger partial charge on any atom is 0.376 e. The summed E-state index contributed by atoms with van der Waals surface area (Å²) < 4.78 is 4.56. The molecule has 0 amide bonds. The Morgan fingerprint density at radius 1 is 1.47 bits per heavy atom.